The van der Waals surface area contributed by atoms with Crippen LogP contribution in [0, 0.1) is 5.92 Å². The predicted octanol–water partition coefficient (Wildman–Crippen LogP) is 0.379. The molecule has 5 atom stereocenters. The molecule has 7 N–H and O–H groups in total. The number of aliphatic hydroxyl groups excluding tert-OH is 1. The summed E-state index contributed by atoms with van der Waals surface area (Å²) in [5.41, 5.74) is 5.65. The molecule has 0 saturated heterocycles. The van der Waals surface area contributed by atoms with Crippen LogP contribution in [0.3, 0.4) is 0 Å². The van der Waals surface area contributed by atoms with E-state index in [0.29, 0.717) is 5.56 Å². The van der Waals surface area contributed by atoms with Gasteiger partial charge in [-0.25, -0.2) is 0 Å². The number of alkyl halides is 3. The fraction of sp³-hybridized carbons (Fsp3) is 0.560. The molecular formula is C25H36BF3N5O6. The van der Waals surface area contributed by atoms with Gasteiger partial charge < -0.3 is 32.1 Å². The van der Waals surface area contributed by atoms with E-state index in [-0.39, 0.29) is 12.3 Å². The Morgan fingerprint density at radius 1 is 0.925 bits per heavy atom. The molecule has 0 aliphatic heterocycles. The maximum atomic E-state index is 13.2. The summed E-state index contributed by atoms with van der Waals surface area (Å²) in [5.74, 6) is -4.30. The van der Waals surface area contributed by atoms with Gasteiger partial charge in [0.15, 0.2) is 11.9 Å². The number of nitrogens with one attached hydrogen (secondary N) is 4. The summed E-state index contributed by atoms with van der Waals surface area (Å²) in [6.07, 6.45) is -9.20. The lowest BCUT2D eigenvalue weighted by atomic mass is 9.80. The highest BCUT2D eigenvalue weighted by molar-refractivity contribution is 6.72. The molecule has 0 saturated carbocycles. The number of amides is 5. The van der Waals surface area contributed by atoms with Crippen LogP contribution in [0.4, 0.5) is 18.0 Å². The second kappa shape index (κ2) is 15.8. The van der Waals surface area contributed by atoms with E-state index < -0.39 is 78.7 Å². The van der Waals surface area contributed by atoms with E-state index in [1.165, 1.54) is 21.0 Å². The van der Waals surface area contributed by atoms with E-state index in [1.807, 2.05) is 5.32 Å². The smallest absolute Gasteiger partial charge is 0.382 e. The molecule has 1 radical (unpaired) electrons. The van der Waals surface area contributed by atoms with E-state index >= 15 is 0 Å². The van der Waals surface area contributed by atoms with Crippen molar-refractivity contribution < 1.29 is 42.3 Å². The van der Waals surface area contributed by atoms with Gasteiger partial charge in [-0.2, -0.15) is 13.2 Å². The SMILES string of the molecule is C[B]C(=O)N[C@H](C(=O)N[C@@H](Cc1ccccc1)C(=O)N[C@H](C)C(=O)N[C@@H](CCC(N)=O)C(O)C(F)(F)F)C(C)C. The third kappa shape index (κ3) is 11.6. The third-order valence-corrected chi connectivity index (χ3v) is 5.92. The first-order valence-corrected chi connectivity index (χ1v) is 12.6. The van der Waals surface area contributed by atoms with Crippen LogP contribution in [0.15, 0.2) is 30.3 Å². The lowest BCUT2D eigenvalue weighted by molar-refractivity contribution is -0.212. The standard InChI is InChI=1S/C25H36BF3N5O6/c1-13(2)19(34-24(40)26-4)23(39)33-17(12-15-8-6-5-7-9-15)22(38)31-14(3)21(37)32-16(10-11-18(30)35)20(36)25(27,28)29/h5-9,13-14,16-17,19-20,36H,10-12H2,1-4H3,(H2,30,35)(H,31,38)(H,32,37)(H,33,39)(H,34,40)/t14-,16+,17+,19+,20?/m1/s1. The first-order valence-electron chi connectivity index (χ1n) is 12.6. The molecule has 11 nitrogen and oxygen atoms in total. The molecule has 1 aromatic carbocycles. The average Bonchev–Trinajstić information content (AvgIpc) is 2.87. The largest absolute Gasteiger partial charge is 0.416 e. The zero-order valence-corrected chi connectivity index (χ0v) is 22.7. The van der Waals surface area contributed by atoms with E-state index in [0.717, 1.165) is 0 Å². The predicted molar refractivity (Wildman–Crippen MR) is 141 cm³/mol. The first kappa shape index (κ1) is 34.4. The summed E-state index contributed by atoms with van der Waals surface area (Å²) in [7, 11) is 1.24. The molecule has 0 aliphatic carbocycles. The van der Waals surface area contributed by atoms with Crippen LogP contribution in [-0.4, -0.2) is 78.3 Å². The van der Waals surface area contributed by atoms with Crippen LogP contribution in [0.25, 0.3) is 0 Å². The Bertz CT molecular complexity index is 1030. The molecular weight excluding hydrogens is 534 g/mol. The summed E-state index contributed by atoms with van der Waals surface area (Å²) in [4.78, 5) is 61.8. The lowest BCUT2D eigenvalue weighted by Gasteiger charge is -2.28. The van der Waals surface area contributed by atoms with Gasteiger partial charge in [0.25, 0.3) is 0 Å². The number of primary amides is 1. The average molecular weight is 570 g/mol. The third-order valence-electron chi connectivity index (χ3n) is 5.92. The second-order valence-electron chi connectivity index (χ2n) is 9.61. The summed E-state index contributed by atoms with van der Waals surface area (Å²) in [6, 6.07) is 3.10. The number of nitrogens with two attached hydrogens (primary N) is 1. The minimum Gasteiger partial charge on any atom is -0.382 e. The van der Waals surface area contributed by atoms with Crippen molar-refractivity contribution in [1.29, 1.82) is 0 Å². The number of hydrogen-bond acceptors (Lipinski definition) is 6. The summed E-state index contributed by atoms with van der Waals surface area (Å²) < 4.78 is 39.3. The molecule has 0 heterocycles. The quantitative estimate of drug-likeness (QED) is 0.166. The van der Waals surface area contributed by atoms with Crippen molar-refractivity contribution in [3.8, 4) is 0 Å². The van der Waals surface area contributed by atoms with E-state index in [9.17, 15) is 42.3 Å². The molecule has 0 spiro atoms. The Kier molecular flexibility index (Phi) is 13.6. The fourth-order valence-electron chi connectivity index (χ4n) is 3.61. The zero-order valence-electron chi connectivity index (χ0n) is 22.7. The number of hydrogen-bond donors (Lipinski definition) is 6. The van der Waals surface area contributed by atoms with Crippen molar-refractivity contribution in [2.75, 3.05) is 0 Å². The second-order valence-corrected chi connectivity index (χ2v) is 9.61. The highest BCUT2D eigenvalue weighted by atomic mass is 19.4. The molecule has 0 aromatic heterocycles. The van der Waals surface area contributed by atoms with Crippen molar-refractivity contribution >= 4 is 36.7 Å². The minimum absolute atomic E-state index is 0.000554. The normalized spacial score (nSPS) is 15.1. The highest BCUT2D eigenvalue weighted by Gasteiger charge is 2.44. The highest BCUT2D eigenvalue weighted by Crippen LogP contribution is 2.24. The fourth-order valence-corrected chi connectivity index (χ4v) is 3.61. The molecule has 0 fully saturated rings. The van der Waals surface area contributed by atoms with Crippen molar-refractivity contribution in [3.05, 3.63) is 35.9 Å². The van der Waals surface area contributed by atoms with Crippen LogP contribution in [0.1, 0.15) is 39.2 Å². The molecule has 1 aromatic rings. The number of carbonyl (C=O) groups is 5. The summed E-state index contributed by atoms with van der Waals surface area (Å²) in [6.45, 7) is 6.09. The van der Waals surface area contributed by atoms with Gasteiger partial charge in [0.2, 0.25) is 30.9 Å². The van der Waals surface area contributed by atoms with Crippen molar-refractivity contribution in [2.24, 2.45) is 11.7 Å². The zero-order chi connectivity index (χ0) is 30.6. The Labute approximate surface area is 231 Å². The van der Waals surface area contributed by atoms with Crippen molar-refractivity contribution in [3.63, 3.8) is 0 Å². The first-order chi connectivity index (χ1) is 18.6. The van der Waals surface area contributed by atoms with Gasteiger partial charge in [0.05, 0.1) is 6.04 Å². The van der Waals surface area contributed by atoms with Crippen LogP contribution >= 0.6 is 0 Å². The van der Waals surface area contributed by atoms with Crippen LogP contribution in [-0.2, 0) is 25.6 Å². The van der Waals surface area contributed by atoms with Crippen LogP contribution < -0.4 is 27.0 Å². The van der Waals surface area contributed by atoms with Crippen molar-refractivity contribution in [2.45, 2.75) is 83.3 Å². The maximum Gasteiger partial charge on any atom is 0.416 e. The summed E-state index contributed by atoms with van der Waals surface area (Å²) >= 11 is 0. The van der Waals surface area contributed by atoms with Crippen molar-refractivity contribution in [1.82, 2.24) is 21.3 Å². The van der Waals surface area contributed by atoms with Gasteiger partial charge in [0, 0.05) is 12.8 Å². The lowest BCUT2D eigenvalue weighted by Crippen LogP contribution is -2.59. The Balaban J connectivity index is 3.08. The minimum atomic E-state index is -5.09. The molecule has 15 heteroatoms. The molecule has 1 unspecified atom stereocenters. The van der Waals surface area contributed by atoms with E-state index in [1.54, 1.807) is 44.2 Å². The topological polar surface area (TPSA) is 180 Å². The number of benzene rings is 1. The van der Waals surface area contributed by atoms with E-state index in [4.69, 9.17) is 5.73 Å². The van der Waals surface area contributed by atoms with Crippen LogP contribution in [0.2, 0.25) is 6.82 Å². The Morgan fingerprint density at radius 2 is 1.52 bits per heavy atom. The summed E-state index contributed by atoms with van der Waals surface area (Å²) in [5, 5.41) is 19.1. The molecule has 221 valence electrons. The Hall–Kier alpha value is -3.62. The van der Waals surface area contributed by atoms with E-state index in [2.05, 4.69) is 16.0 Å². The van der Waals surface area contributed by atoms with Gasteiger partial charge in [-0.05, 0) is 24.8 Å². The number of carbonyl (C=O) groups excluding carboxylic acids is 5. The molecule has 0 bridgehead atoms. The molecule has 5 amide bonds. The van der Waals surface area contributed by atoms with Gasteiger partial charge in [0.1, 0.15) is 18.1 Å². The van der Waals surface area contributed by atoms with Crippen LogP contribution in [0.5, 0.6) is 0 Å². The van der Waals surface area contributed by atoms with Gasteiger partial charge in [-0.3, -0.25) is 24.0 Å². The number of rotatable bonds is 15. The Morgan fingerprint density at radius 3 is 2.02 bits per heavy atom. The monoisotopic (exact) mass is 570 g/mol. The molecule has 0 aliphatic rings. The maximum absolute atomic E-state index is 13.2. The number of halogens is 3. The molecule has 40 heavy (non-hydrogen) atoms. The van der Waals surface area contributed by atoms with Gasteiger partial charge in [-0.1, -0.05) is 51.0 Å². The number of aliphatic hydroxyl groups is 1. The molecule has 1 rings (SSSR count). The van der Waals surface area contributed by atoms with Gasteiger partial charge >= 0.3 is 6.18 Å². The van der Waals surface area contributed by atoms with Gasteiger partial charge in [-0.15, -0.1) is 0 Å².